The van der Waals surface area contributed by atoms with Gasteiger partial charge in [-0.25, -0.2) is 14.6 Å². The van der Waals surface area contributed by atoms with E-state index >= 15 is 0 Å². The van der Waals surface area contributed by atoms with Gasteiger partial charge in [-0.15, -0.1) is 0 Å². The SMILES string of the molecule is CCOc1cnc(C2=NC(=O)C(C)(C(C)C)N2)c(C(=O)OC(=O)c2cncc(OC)c2)c1. The number of carbonyl (C=O) groups excluding carboxylic acids is 3. The van der Waals surface area contributed by atoms with Crippen molar-refractivity contribution in [1.82, 2.24) is 15.3 Å². The molecule has 0 aliphatic carbocycles. The first kappa shape index (κ1) is 22.9. The molecule has 2 aromatic rings. The highest BCUT2D eigenvalue weighted by Gasteiger charge is 2.43. The Kier molecular flexibility index (Phi) is 6.52. The van der Waals surface area contributed by atoms with Gasteiger partial charge in [0.05, 0.1) is 37.2 Å². The summed E-state index contributed by atoms with van der Waals surface area (Å²) in [6, 6.07) is 2.79. The molecular formula is C22H24N4O6. The number of aliphatic imine (C=N–C) groups is 1. The number of ether oxygens (including phenoxy) is 3. The average Bonchev–Trinajstić information content (AvgIpc) is 3.09. The number of pyridine rings is 2. The van der Waals surface area contributed by atoms with Gasteiger partial charge in [0.15, 0.2) is 5.84 Å². The summed E-state index contributed by atoms with van der Waals surface area (Å²) < 4.78 is 15.5. The molecule has 0 saturated heterocycles. The highest BCUT2D eigenvalue weighted by atomic mass is 16.6. The van der Waals surface area contributed by atoms with Crippen molar-refractivity contribution in [2.24, 2.45) is 10.9 Å². The summed E-state index contributed by atoms with van der Waals surface area (Å²) in [5.74, 6) is -1.58. The molecule has 0 bridgehead atoms. The molecule has 3 heterocycles. The largest absolute Gasteiger partial charge is 0.495 e. The Balaban J connectivity index is 1.94. The summed E-state index contributed by atoms with van der Waals surface area (Å²) in [4.78, 5) is 50.1. The van der Waals surface area contributed by atoms with Crippen molar-refractivity contribution in [3.05, 3.63) is 47.5 Å². The third-order valence-corrected chi connectivity index (χ3v) is 5.18. The molecule has 32 heavy (non-hydrogen) atoms. The first-order valence-corrected chi connectivity index (χ1v) is 9.99. The second-order valence-corrected chi connectivity index (χ2v) is 7.54. The molecule has 0 saturated carbocycles. The second-order valence-electron chi connectivity index (χ2n) is 7.54. The van der Waals surface area contributed by atoms with E-state index in [4.69, 9.17) is 14.2 Å². The van der Waals surface area contributed by atoms with Crippen LogP contribution in [0.15, 0.2) is 35.7 Å². The first-order chi connectivity index (χ1) is 15.2. The van der Waals surface area contributed by atoms with Gasteiger partial charge in [-0.3, -0.25) is 9.78 Å². The van der Waals surface area contributed by atoms with Crippen LogP contribution in [-0.4, -0.2) is 52.9 Å². The fourth-order valence-electron chi connectivity index (χ4n) is 2.92. The molecule has 3 rings (SSSR count). The smallest absolute Gasteiger partial charge is 0.348 e. The van der Waals surface area contributed by atoms with E-state index in [2.05, 4.69) is 20.3 Å². The minimum Gasteiger partial charge on any atom is -0.495 e. The molecule has 0 aromatic carbocycles. The van der Waals surface area contributed by atoms with E-state index in [1.54, 1.807) is 13.8 Å². The van der Waals surface area contributed by atoms with Crippen molar-refractivity contribution in [2.75, 3.05) is 13.7 Å². The lowest BCUT2D eigenvalue weighted by molar-refractivity contribution is -0.123. The number of nitrogens with zero attached hydrogens (tertiary/aromatic N) is 3. The minimum atomic E-state index is -0.975. The van der Waals surface area contributed by atoms with E-state index in [1.807, 2.05) is 13.8 Å². The van der Waals surface area contributed by atoms with Crippen molar-refractivity contribution >= 4 is 23.7 Å². The molecule has 1 amide bonds. The van der Waals surface area contributed by atoms with Crippen molar-refractivity contribution in [3.8, 4) is 11.5 Å². The number of carbonyl (C=O) groups is 3. The summed E-state index contributed by atoms with van der Waals surface area (Å²) in [6.07, 6.45) is 4.07. The zero-order chi connectivity index (χ0) is 23.5. The quantitative estimate of drug-likeness (QED) is 0.508. The highest BCUT2D eigenvalue weighted by Crippen LogP contribution is 2.26. The summed E-state index contributed by atoms with van der Waals surface area (Å²) >= 11 is 0. The van der Waals surface area contributed by atoms with Gasteiger partial charge in [0.25, 0.3) is 5.91 Å². The van der Waals surface area contributed by atoms with Crippen molar-refractivity contribution in [3.63, 3.8) is 0 Å². The number of aromatic nitrogens is 2. The lowest BCUT2D eigenvalue weighted by Crippen LogP contribution is -2.50. The fraction of sp³-hybridized carbons (Fsp3) is 0.364. The predicted molar refractivity (Wildman–Crippen MR) is 114 cm³/mol. The maximum Gasteiger partial charge on any atom is 0.348 e. The number of methoxy groups -OCH3 is 1. The summed E-state index contributed by atoms with van der Waals surface area (Å²) in [5.41, 5.74) is -0.911. The molecule has 1 N–H and O–H groups in total. The summed E-state index contributed by atoms with van der Waals surface area (Å²) in [7, 11) is 1.43. The number of nitrogens with one attached hydrogen (secondary N) is 1. The van der Waals surface area contributed by atoms with E-state index in [-0.39, 0.29) is 34.5 Å². The van der Waals surface area contributed by atoms with Crippen molar-refractivity contribution in [1.29, 1.82) is 0 Å². The lowest BCUT2D eigenvalue weighted by atomic mass is 9.88. The van der Waals surface area contributed by atoms with Crippen LogP contribution in [0.1, 0.15) is 54.1 Å². The number of amides is 1. The molecule has 168 valence electrons. The van der Waals surface area contributed by atoms with Crippen LogP contribution < -0.4 is 14.8 Å². The molecule has 10 nitrogen and oxygen atoms in total. The standard InChI is InChI=1S/C22H24N4O6/c1-6-31-15-8-16(20(28)32-19(27)13-7-14(30-5)10-23-9-13)17(24-11-15)18-25-21(29)22(4,26-18)12(2)3/h7-12H,6H2,1-5H3,(H,25,26,29). The Bertz CT molecular complexity index is 1100. The molecular weight excluding hydrogens is 416 g/mol. The average molecular weight is 440 g/mol. The van der Waals surface area contributed by atoms with E-state index in [9.17, 15) is 14.4 Å². The van der Waals surface area contributed by atoms with E-state index in [1.165, 1.54) is 37.8 Å². The molecule has 0 fully saturated rings. The van der Waals surface area contributed by atoms with Crippen LogP contribution in [0.5, 0.6) is 11.5 Å². The maximum atomic E-state index is 12.9. The van der Waals surface area contributed by atoms with Gasteiger partial charge in [-0.1, -0.05) is 13.8 Å². The molecule has 2 aromatic heterocycles. The Morgan fingerprint density at radius 3 is 2.50 bits per heavy atom. The summed E-state index contributed by atoms with van der Waals surface area (Å²) in [6.45, 7) is 7.60. The normalized spacial score (nSPS) is 17.6. The van der Waals surface area contributed by atoms with Gasteiger partial charge in [0, 0.05) is 6.20 Å². The van der Waals surface area contributed by atoms with Gasteiger partial charge in [-0.2, -0.15) is 4.99 Å². The first-order valence-electron chi connectivity index (χ1n) is 9.99. The lowest BCUT2D eigenvalue weighted by Gasteiger charge is -2.27. The van der Waals surface area contributed by atoms with Crippen LogP contribution in [0.3, 0.4) is 0 Å². The number of esters is 2. The van der Waals surface area contributed by atoms with Crippen LogP contribution in [0.4, 0.5) is 0 Å². The van der Waals surface area contributed by atoms with Gasteiger partial charge >= 0.3 is 11.9 Å². The van der Waals surface area contributed by atoms with Gasteiger partial charge in [0.1, 0.15) is 22.7 Å². The third-order valence-electron chi connectivity index (χ3n) is 5.18. The number of hydrogen-bond donors (Lipinski definition) is 1. The minimum absolute atomic E-state index is 0.0343. The van der Waals surface area contributed by atoms with Crippen LogP contribution >= 0.6 is 0 Å². The Labute approximate surface area is 185 Å². The van der Waals surface area contributed by atoms with Crippen LogP contribution in [0.25, 0.3) is 0 Å². The van der Waals surface area contributed by atoms with Gasteiger partial charge in [0.2, 0.25) is 0 Å². The van der Waals surface area contributed by atoms with Crippen molar-refractivity contribution in [2.45, 2.75) is 33.2 Å². The topological polar surface area (TPSA) is 129 Å². The van der Waals surface area contributed by atoms with Crippen LogP contribution in [-0.2, 0) is 9.53 Å². The predicted octanol–water partition coefficient (Wildman–Crippen LogP) is 2.17. The van der Waals surface area contributed by atoms with E-state index in [0.717, 1.165) is 0 Å². The number of amidine groups is 1. The molecule has 1 unspecified atom stereocenters. The van der Waals surface area contributed by atoms with Gasteiger partial charge in [-0.05, 0) is 31.9 Å². The molecule has 1 aliphatic rings. The Morgan fingerprint density at radius 2 is 1.88 bits per heavy atom. The highest BCUT2D eigenvalue weighted by molar-refractivity contribution is 6.17. The maximum absolute atomic E-state index is 12.9. The number of hydrogen-bond acceptors (Lipinski definition) is 9. The molecule has 0 spiro atoms. The zero-order valence-electron chi connectivity index (χ0n) is 18.5. The van der Waals surface area contributed by atoms with Crippen LogP contribution in [0, 0.1) is 5.92 Å². The number of rotatable bonds is 7. The van der Waals surface area contributed by atoms with Crippen LogP contribution in [0.2, 0.25) is 0 Å². The fourth-order valence-corrected chi connectivity index (χ4v) is 2.92. The molecule has 1 aliphatic heterocycles. The van der Waals surface area contributed by atoms with E-state index in [0.29, 0.717) is 18.1 Å². The summed E-state index contributed by atoms with van der Waals surface area (Å²) in [5, 5.41) is 3.06. The molecule has 0 radical (unpaired) electrons. The second kappa shape index (κ2) is 9.13. The Morgan fingerprint density at radius 1 is 1.12 bits per heavy atom. The Hall–Kier alpha value is -3.82. The van der Waals surface area contributed by atoms with Crippen molar-refractivity contribution < 1.29 is 28.6 Å². The molecule has 10 heteroatoms. The monoisotopic (exact) mass is 440 g/mol. The van der Waals surface area contributed by atoms with Gasteiger partial charge < -0.3 is 19.5 Å². The third kappa shape index (κ3) is 4.43. The zero-order valence-corrected chi connectivity index (χ0v) is 18.5. The molecule has 1 atom stereocenters. The van der Waals surface area contributed by atoms with E-state index < -0.39 is 17.5 Å².